The lowest BCUT2D eigenvalue weighted by Crippen LogP contribution is -2.01. The molecule has 0 aliphatic carbocycles. The van der Waals surface area contributed by atoms with Crippen molar-refractivity contribution in [3.05, 3.63) is 52.3 Å². The third-order valence-corrected chi connectivity index (χ3v) is 3.25. The van der Waals surface area contributed by atoms with Crippen molar-refractivity contribution >= 4 is 15.9 Å². The summed E-state index contributed by atoms with van der Waals surface area (Å²) >= 11 is 3.48. The molecule has 4 nitrogen and oxygen atoms in total. The van der Waals surface area contributed by atoms with E-state index < -0.39 is 0 Å². The quantitative estimate of drug-likeness (QED) is 0.919. The highest BCUT2D eigenvalue weighted by Crippen LogP contribution is 2.37. The lowest BCUT2D eigenvalue weighted by molar-refractivity contribution is 0.282. The number of ether oxygens (including phenoxy) is 2. The van der Waals surface area contributed by atoms with E-state index in [-0.39, 0.29) is 0 Å². The number of aromatic nitrogens is 1. The van der Waals surface area contributed by atoms with Crippen LogP contribution in [0.4, 0.5) is 0 Å². The van der Waals surface area contributed by atoms with E-state index >= 15 is 0 Å². The van der Waals surface area contributed by atoms with E-state index in [1.165, 1.54) is 0 Å². The van der Waals surface area contributed by atoms with Crippen molar-refractivity contribution in [2.75, 3.05) is 7.11 Å². The van der Waals surface area contributed by atoms with Gasteiger partial charge in [-0.3, -0.25) is 4.98 Å². The Hall–Kier alpha value is -1.59. The number of methoxy groups -OCH3 is 1. The molecule has 2 rings (SSSR count). The lowest BCUT2D eigenvalue weighted by Gasteiger charge is -2.14. The molecule has 1 aromatic carbocycles. The molecule has 2 aromatic rings. The van der Waals surface area contributed by atoms with E-state index in [2.05, 4.69) is 20.9 Å². The van der Waals surface area contributed by atoms with Gasteiger partial charge >= 0.3 is 0 Å². The Balaban J connectivity index is 2.20. The monoisotopic (exact) mass is 322 g/mol. The minimum Gasteiger partial charge on any atom is -0.493 e. The van der Waals surface area contributed by atoms with Gasteiger partial charge in [0, 0.05) is 18.9 Å². The summed E-state index contributed by atoms with van der Waals surface area (Å²) in [6, 6.07) is 7.64. The fraction of sp³-hybridized carbons (Fsp3) is 0.214. The van der Waals surface area contributed by atoms with E-state index in [9.17, 15) is 0 Å². The molecule has 0 aliphatic heterocycles. The molecule has 0 aliphatic rings. The number of hydrogen-bond acceptors (Lipinski definition) is 4. The number of nitrogens with zero attached hydrogens (tertiary/aromatic N) is 1. The first-order valence-electron chi connectivity index (χ1n) is 5.82. The molecular formula is C14H15BrN2O2. The van der Waals surface area contributed by atoms with Gasteiger partial charge in [-0.15, -0.1) is 0 Å². The molecule has 1 heterocycles. The number of pyridine rings is 1. The van der Waals surface area contributed by atoms with Crippen molar-refractivity contribution in [2.24, 2.45) is 5.73 Å². The van der Waals surface area contributed by atoms with Crippen LogP contribution in [0, 0.1) is 0 Å². The Morgan fingerprint density at radius 3 is 2.58 bits per heavy atom. The Morgan fingerprint density at radius 1 is 1.21 bits per heavy atom. The van der Waals surface area contributed by atoms with Gasteiger partial charge in [-0.05, 0) is 51.3 Å². The average molecular weight is 323 g/mol. The summed E-state index contributed by atoms with van der Waals surface area (Å²) in [6.07, 6.45) is 3.48. The fourth-order valence-electron chi connectivity index (χ4n) is 1.67. The normalized spacial score (nSPS) is 10.3. The van der Waals surface area contributed by atoms with Crippen molar-refractivity contribution in [2.45, 2.75) is 13.2 Å². The first kappa shape index (κ1) is 13.8. The van der Waals surface area contributed by atoms with Gasteiger partial charge in [-0.2, -0.15) is 0 Å². The Labute approximate surface area is 120 Å². The largest absolute Gasteiger partial charge is 0.493 e. The summed E-state index contributed by atoms with van der Waals surface area (Å²) in [7, 11) is 1.61. The number of rotatable bonds is 5. The molecule has 0 fully saturated rings. The second-order valence-electron chi connectivity index (χ2n) is 3.96. The highest BCUT2D eigenvalue weighted by molar-refractivity contribution is 9.10. The van der Waals surface area contributed by atoms with Crippen molar-refractivity contribution in [3.8, 4) is 11.5 Å². The SMILES string of the molecule is COc1cc(CN)cc(Br)c1OCc1ccncc1. The zero-order valence-corrected chi connectivity index (χ0v) is 12.2. The van der Waals surface area contributed by atoms with Gasteiger partial charge in [0.15, 0.2) is 11.5 Å². The number of benzene rings is 1. The first-order valence-corrected chi connectivity index (χ1v) is 6.62. The van der Waals surface area contributed by atoms with Crippen LogP contribution < -0.4 is 15.2 Å². The molecule has 0 atom stereocenters. The van der Waals surface area contributed by atoms with E-state index in [4.69, 9.17) is 15.2 Å². The van der Waals surface area contributed by atoms with Crippen LogP contribution in [0.15, 0.2) is 41.1 Å². The van der Waals surface area contributed by atoms with Crippen LogP contribution in [0.3, 0.4) is 0 Å². The third-order valence-electron chi connectivity index (χ3n) is 2.66. The molecule has 19 heavy (non-hydrogen) atoms. The van der Waals surface area contributed by atoms with Gasteiger partial charge in [0.25, 0.3) is 0 Å². The van der Waals surface area contributed by atoms with Gasteiger partial charge < -0.3 is 15.2 Å². The van der Waals surface area contributed by atoms with Crippen LogP contribution in [0.2, 0.25) is 0 Å². The predicted octanol–water partition coefficient (Wildman–Crippen LogP) is 2.89. The minimum absolute atomic E-state index is 0.458. The lowest BCUT2D eigenvalue weighted by atomic mass is 10.2. The third kappa shape index (κ3) is 3.45. The van der Waals surface area contributed by atoms with Crippen LogP contribution in [-0.2, 0) is 13.2 Å². The van der Waals surface area contributed by atoms with E-state index in [0.29, 0.717) is 24.7 Å². The first-order chi connectivity index (χ1) is 9.24. The molecule has 2 N–H and O–H groups in total. The molecular weight excluding hydrogens is 308 g/mol. The zero-order valence-electron chi connectivity index (χ0n) is 10.6. The Kier molecular flexibility index (Phi) is 4.76. The second kappa shape index (κ2) is 6.54. The Morgan fingerprint density at radius 2 is 1.95 bits per heavy atom. The molecule has 1 aromatic heterocycles. The molecule has 0 saturated carbocycles. The highest BCUT2D eigenvalue weighted by Gasteiger charge is 2.11. The fourth-order valence-corrected chi connectivity index (χ4v) is 2.27. The molecule has 0 unspecified atom stereocenters. The van der Waals surface area contributed by atoms with Crippen LogP contribution in [0.25, 0.3) is 0 Å². The zero-order chi connectivity index (χ0) is 13.7. The van der Waals surface area contributed by atoms with Crippen LogP contribution in [0.5, 0.6) is 11.5 Å². The minimum atomic E-state index is 0.458. The molecule has 0 radical (unpaired) electrons. The number of halogens is 1. The predicted molar refractivity (Wildman–Crippen MR) is 77.2 cm³/mol. The average Bonchev–Trinajstić information content (AvgIpc) is 2.46. The molecule has 0 amide bonds. The summed E-state index contributed by atoms with van der Waals surface area (Å²) in [5, 5.41) is 0. The molecule has 0 spiro atoms. The van der Waals surface area contributed by atoms with Crippen LogP contribution in [0.1, 0.15) is 11.1 Å². The summed E-state index contributed by atoms with van der Waals surface area (Å²) in [5.74, 6) is 1.35. The van der Waals surface area contributed by atoms with E-state index in [1.807, 2.05) is 24.3 Å². The maximum absolute atomic E-state index is 5.80. The maximum atomic E-state index is 5.80. The van der Waals surface area contributed by atoms with Gasteiger partial charge in [0.2, 0.25) is 0 Å². The van der Waals surface area contributed by atoms with Crippen molar-refractivity contribution in [1.29, 1.82) is 0 Å². The van der Waals surface area contributed by atoms with Gasteiger partial charge in [-0.1, -0.05) is 0 Å². The number of nitrogens with two attached hydrogens (primary N) is 1. The summed E-state index contributed by atoms with van der Waals surface area (Å²) in [5.41, 5.74) is 7.67. The molecule has 100 valence electrons. The van der Waals surface area contributed by atoms with Crippen LogP contribution in [-0.4, -0.2) is 12.1 Å². The maximum Gasteiger partial charge on any atom is 0.175 e. The topological polar surface area (TPSA) is 57.4 Å². The van der Waals surface area contributed by atoms with Gasteiger partial charge in [-0.25, -0.2) is 0 Å². The Bertz CT molecular complexity index is 547. The number of hydrogen-bond donors (Lipinski definition) is 1. The van der Waals surface area contributed by atoms with Crippen LogP contribution >= 0.6 is 15.9 Å². The standard InChI is InChI=1S/C14H15BrN2O2/c1-18-13-7-11(8-16)6-12(15)14(13)19-9-10-2-4-17-5-3-10/h2-7H,8-9,16H2,1H3. The molecule has 0 saturated heterocycles. The smallest absolute Gasteiger partial charge is 0.175 e. The van der Waals surface area contributed by atoms with E-state index in [1.54, 1.807) is 19.5 Å². The summed E-state index contributed by atoms with van der Waals surface area (Å²) in [4.78, 5) is 3.97. The van der Waals surface area contributed by atoms with Gasteiger partial charge in [0.1, 0.15) is 6.61 Å². The van der Waals surface area contributed by atoms with Crippen molar-refractivity contribution in [3.63, 3.8) is 0 Å². The highest BCUT2D eigenvalue weighted by atomic mass is 79.9. The second-order valence-corrected chi connectivity index (χ2v) is 4.81. The molecule has 5 heteroatoms. The van der Waals surface area contributed by atoms with E-state index in [0.717, 1.165) is 15.6 Å². The van der Waals surface area contributed by atoms with Gasteiger partial charge in [0.05, 0.1) is 11.6 Å². The van der Waals surface area contributed by atoms with Crippen molar-refractivity contribution in [1.82, 2.24) is 4.98 Å². The van der Waals surface area contributed by atoms with Crippen molar-refractivity contribution < 1.29 is 9.47 Å². The summed E-state index contributed by atoms with van der Waals surface area (Å²) in [6.45, 7) is 0.916. The summed E-state index contributed by atoms with van der Waals surface area (Å²) < 4.78 is 12.0. The molecule has 0 bridgehead atoms.